The summed E-state index contributed by atoms with van der Waals surface area (Å²) in [6, 6.07) is 14.9. The van der Waals surface area contributed by atoms with E-state index >= 15 is 0 Å². The number of rotatable bonds is 12. The van der Waals surface area contributed by atoms with Crippen molar-refractivity contribution in [3.05, 3.63) is 83.2 Å². The summed E-state index contributed by atoms with van der Waals surface area (Å²) in [5.74, 6) is -0.787. The molecule has 1 aliphatic heterocycles. The fourth-order valence-corrected chi connectivity index (χ4v) is 4.49. The van der Waals surface area contributed by atoms with E-state index < -0.39 is 6.86 Å². The van der Waals surface area contributed by atoms with Crippen LogP contribution in [0.15, 0.2) is 60.8 Å². The third kappa shape index (κ3) is 10.1. The Morgan fingerprint density at radius 3 is 2.51 bits per heavy atom. The molecule has 1 fully saturated rings. The van der Waals surface area contributed by atoms with Gasteiger partial charge in [-0.05, 0) is 93.7 Å². The van der Waals surface area contributed by atoms with Crippen molar-refractivity contribution in [2.75, 3.05) is 38.4 Å². The number of ether oxygens (including phenoxy) is 1. The molecule has 1 saturated heterocycles. The number of pyridine rings is 1. The summed E-state index contributed by atoms with van der Waals surface area (Å²) in [4.78, 5) is 34.3. The molecule has 3 aromatic rings. The number of likely N-dealkylation sites (tertiary alicyclic amines) is 1. The first-order valence-corrected chi connectivity index (χ1v) is 13.9. The van der Waals surface area contributed by atoms with Gasteiger partial charge in [0.25, 0.3) is 11.8 Å². The van der Waals surface area contributed by atoms with Crippen LogP contribution in [0, 0.1) is 6.92 Å². The third-order valence-corrected chi connectivity index (χ3v) is 6.62. The summed E-state index contributed by atoms with van der Waals surface area (Å²) in [6.07, 6.45) is 7.46. The first-order chi connectivity index (χ1) is 19.9. The molecular weight excluding hydrogens is 530 g/mol. The summed E-state index contributed by atoms with van der Waals surface area (Å²) in [7, 11) is 0. The molecule has 0 bridgehead atoms. The molecule has 0 atom stereocenters. The molecule has 8 nitrogen and oxygen atoms in total. The topological polar surface area (TPSA) is 92.8 Å². The van der Waals surface area contributed by atoms with Crippen LogP contribution in [0.25, 0.3) is 0 Å². The molecule has 220 valence electrons. The number of carbonyl (C=O) groups is 2. The Balaban J connectivity index is 0.000000226. The Bertz CT molecular complexity index is 1270. The standard InChI is InChI=1S/C16H25N3O.C15H13F2NO3/c1-2-6-14-7-9-17-15(13-14)16(20)18-8-5-12-19-10-3-4-11-19;1-10-4-2-3-5-12(10)15(19)18-11-6-7-13(20-9-16)14(8-11)21-17/h7,9,13H,2-6,8,10-12H2,1H3,(H,18,20);2-8H,9H2,1H3,(H,18,19). The minimum Gasteiger partial charge on any atom is -0.459 e. The van der Waals surface area contributed by atoms with Gasteiger partial charge >= 0.3 is 0 Å². The average molecular weight is 569 g/mol. The fraction of sp³-hybridized carbons (Fsp3) is 0.387. The number of amides is 2. The first kappa shape index (κ1) is 31.5. The van der Waals surface area contributed by atoms with Crippen molar-refractivity contribution in [1.29, 1.82) is 0 Å². The second-order valence-corrected chi connectivity index (χ2v) is 9.72. The smallest absolute Gasteiger partial charge is 0.269 e. The molecule has 41 heavy (non-hydrogen) atoms. The number of hydrogen-bond donors (Lipinski definition) is 2. The van der Waals surface area contributed by atoms with E-state index in [0.717, 1.165) is 37.9 Å². The summed E-state index contributed by atoms with van der Waals surface area (Å²) in [6.45, 7) is 7.09. The van der Waals surface area contributed by atoms with Crippen LogP contribution in [0.5, 0.6) is 11.5 Å². The number of halogens is 2. The summed E-state index contributed by atoms with van der Waals surface area (Å²) >= 11 is 0. The number of benzene rings is 2. The van der Waals surface area contributed by atoms with Crippen LogP contribution < -0.4 is 20.3 Å². The molecular formula is C31H38F2N4O4. The van der Waals surface area contributed by atoms with Gasteiger partial charge in [0.15, 0.2) is 5.75 Å². The molecule has 2 aromatic carbocycles. The largest absolute Gasteiger partial charge is 0.459 e. The Labute approximate surface area is 240 Å². The summed E-state index contributed by atoms with van der Waals surface area (Å²) < 4.78 is 29.0. The number of aromatic nitrogens is 1. The molecule has 2 N–H and O–H groups in total. The lowest BCUT2D eigenvalue weighted by atomic mass is 10.1. The van der Waals surface area contributed by atoms with E-state index in [1.165, 1.54) is 49.7 Å². The minimum atomic E-state index is -1.11. The van der Waals surface area contributed by atoms with Crippen molar-refractivity contribution in [3.63, 3.8) is 0 Å². The van der Waals surface area contributed by atoms with Crippen molar-refractivity contribution in [3.8, 4) is 11.5 Å². The quantitative estimate of drug-likeness (QED) is 0.258. The maximum absolute atomic E-state index is 12.4. The molecule has 1 aromatic heterocycles. The molecule has 0 aliphatic carbocycles. The minimum absolute atomic E-state index is 0.0515. The number of nitrogens with one attached hydrogen (secondary N) is 2. The first-order valence-electron chi connectivity index (χ1n) is 13.9. The summed E-state index contributed by atoms with van der Waals surface area (Å²) in [5.41, 5.74) is 3.35. The highest BCUT2D eigenvalue weighted by Gasteiger charge is 2.13. The molecule has 10 heteroatoms. The third-order valence-electron chi connectivity index (χ3n) is 6.62. The van der Waals surface area contributed by atoms with E-state index in [9.17, 15) is 18.5 Å². The average Bonchev–Trinajstić information content (AvgIpc) is 3.51. The van der Waals surface area contributed by atoms with E-state index in [4.69, 9.17) is 0 Å². The van der Waals surface area contributed by atoms with Gasteiger partial charge in [-0.25, -0.2) is 4.39 Å². The number of aryl methyl sites for hydroxylation is 2. The molecule has 2 amide bonds. The van der Waals surface area contributed by atoms with Gasteiger partial charge in [-0.2, -0.15) is 0 Å². The zero-order chi connectivity index (χ0) is 29.5. The Kier molecular flexibility index (Phi) is 13.0. The van der Waals surface area contributed by atoms with E-state index in [1.807, 2.05) is 31.2 Å². The molecule has 2 heterocycles. The lowest BCUT2D eigenvalue weighted by molar-refractivity contribution is -0.0107. The van der Waals surface area contributed by atoms with Gasteiger partial charge in [0.05, 0.1) is 0 Å². The Morgan fingerprint density at radius 1 is 1.02 bits per heavy atom. The van der Waals surface area contributed by atoms with Crippen LogP contribution in [0.3, 0.4) is 0 Å². The van der Waals surface area contributed by atoms with Crippen LogP contribution in [0.2, 0.25) is 0 Å². The van der Waals surface area contributed by atoms with Crippen molar-refractivity contribution in [2.24, 2.45) is 0 Å². The number of anilines is 1. The second kappa shape index (κ2) is 16.9. The molecule has 4 rings (SSSR count). The SMILES string of the molecule is CCCc1ccnc(C(=O)NCCCN2CCCC2)c1.Cc1ccccc1C(=O)Nc1ccc(OCF)c(OF)c1. The number of hydrogen-bond acceptors (Lipinski definition) is 6. The van der Waals surface area contributed by atoms with Gasteiger partial charge in [-0.3, -0.25) is 19.5 Å². The van der Waals surface area contributed by atoms with Crippen molar-refractivity contribution >= 4 is 17.5 Å². The Hall–Kier alpha value is -4.05. The summed E-state index contributed by atoms with van der Waals surface area (Å²) in [5, 5.41) is 5.57. The maximum atomic E-state index is 12.4. The zero-order valence-electron chi connectivity index (χ0n) is 23.6. The highest BCUT2D eigenvalue weighted by molar-refractivity contribution is 6.05. The molecule has 0 spiro atoms. The fourth-order valence-electron chi connectivity index (χ4n) is 4.49. The van der Waals surface area contributed by atoms with E-state index in [2.05, 4.69) is 37.1 Å². The van der Waals surface area contributed by atoms with Gasteiger partial charge in [0, 0.05) is 34.6 Å². The lowest BCUT2D eigenvalue weighted by Gasteiger charge is -2.14. The van der Waals surface area contributed by atoms with E-state index in [0.29, 0.717) is 16.9 Å². The van der Waals surface area contributed by atoms with Crippen LogP contribution in [0.1, 0.15) is 64.6 Å². The van der Waals surface area contributed by atoms with Crippen LogP contribution >= 0.6 is 0 Å². The van der Waals surface area contributed by atoms with Crippen molar-refractivity contribution in [1.82, 2.24) is 15.2 Å². The van der Waals surface area contributed by atoms with Gasteiger partial charge in [-0.15, -0.1) is 0 Å². The maximum Gasteiger partial charge on any atom is 0.269 e. The van der Waals surface area contributed by atoms with Crippen LogP contribution in [-0.2, 0) is 6.42 Å². The monoisotopic (exact) mass is 568 g/mol. The highest BCUT2D eigenvalue weighted by atomic mass is 19.3. The van der Waals surface area contributed by atoms with Gasteiger partial charge in [-0.1, -0.05) is 31.5 Å². The second-order valence-electron chi connectivity index (χ2n) is 9.72. The number of nitrogens with zero attached hydrogens (tertiary/aromatic N) is 2. The van der Waals surface area contributed by atoms with Crippen molar-refractivity contribution < 1.29 is 28.2 Å². The van der Waals surface area contributed by atoms with Crippen molar-refractivity contribution in [2.45, 2.75) is 46.0 Å². The van der Waals surface area contributed by atoms with Crippen LogP contribution in [0.4, 0.5) is 14.6 Å². The highest BCUT2D eigenvalue weighted by Crippen LogP contribution is 2.31. The zero-order valence-corrected chi connectivity index (χ0v) is 23.6. The van der Waals surface area contributed by atoms with Gasteiger partial charge < -0.3 is 20.3 Å². The Morgan fingerprint density at radius 2 is 1.80 bits per heavy atom. The van der Waals surface area contributed by atoms with E-state index in [1.54, 1.807) is 18.3 Å². The lowest BCUT2D eigenvalue weighted by Crippen LogP contribution is -2.29. The van der Waals surface area contributed by atoms with Gasteiger partial charge in [0.1, 0.15) is 5.69 Å². The number of carbonyl (C=O) groups excluding carboxylic acids is 2. The predicted molar refractivity (Wildman–Crippen MR) is 155 cm³/mol. The predicted octanol–water partition coefficient (Wildman–Crippen LogP) is 6.07. The van der Waals surface area contributed by atoms with Crippen LogP contribution in [-0.4, -0.2) is 54.7 Å². The molecule has 1 aliphatic rings. The van der Waals surface area contributed by atoms with Gasteiger partial charge in [0.2, 0.25) is 12.6 Å². The molecule has 0 unspecified atom stereocenters. The molecule has 0 saturated carbocycles. The normalized spacial score (nSPS) is 12.7. The van der Waals surface area contributed by atoms with E-state index in [-0.39, 0.29) is 23.3 Å². The molecule has 0 radical (unpaired) electrons. The number of alkyl halides is 1.